The summed E-state index contributed by atoms with van der Waals surface area (Å²) in [6.07, 6.45) is 4.55. The standard InChI is InChI=1S/C22H28N4O4S/c1-16-7-2-3-9-19(16)24-21(27)17-8-6-12-26(15-17)31(29,30)18-13-20(23-14-18)22(28)25-10-4-5-11-25/h2-3,7,9,13-14,17,23H,4-6,8,10-12,15H2,1H3,(H,24,27). The monoisotopic (exact) mass is 444 g/mol. The van der Waals surface area contributed by atoms with E-state index in [1.807, 2.05) is 31.2 Å². The molecule has 0 bridgehead atoms. The average Bonchev–Trinajstić information content (AvgIpc) is 3.48. The number of aryl methyl sites for hydroxylation is 1. The van der Waals surface area contributed by atoms with Gasteiger partial charge in [0.05, 0.1) is 5.92 Å². The number of nitrogens with one attached hydrogen (secondary N) is 2. The van der Waals surface area contributed by atoms with Crippen molar-refractivity contribution >= 4 is 27.5 Å². The number of hydrogen-bond acceptors (Lipinski definition) is 4. The summed E-state index contributed by atoms with van der Waals surface area (Å²) in [5.41, 5.74) is 1.98. The fourth-order valence-corrected chi connectivity index (χ4v) is 5.73. The van der Waals surface area contributed by atoms with Gasteiger partial charge in [-0.3, -0.25) is 9.59 Å². The van der Waals surface area contributed by atoms with Crippen molar-refractivity contribution < 1.29 is 18.0 Å². The van der Waals surface area contributed by atoms with Gasteiger partial charge in [0.1, 0.15) is 10.6 Å². The number of nitrogens with zero attached hydrogens (tertiary/aromatic N) is 2. The van der Waals surface area contributed by atoms with Crippen LogP contribution in [0.2, 0.25) is 0 Å². The molecule has 0 spiro atoms. The lowest BCUT2D eigenvalue weighted by molar-refractivity contribution is -0.120. The van der Waals surface area contributed by atoms with Crippen LogP contribution in [0.3, 0.4) is 0 Å². The number of para-hydroxylation sites is 1. The molecular formula is C22H28N4O4S. The predicted molar refractivity (Wildman–Crippen MR) is 117 cm³/mol. The van der Waals surface area contributed by atoms with Gasteiger partial charge in [-0.25, -0.2) is 8.42 Å². The predicted octanol–water partition coefficient (Wildman–Crippen LogP) is 2.60. The Balaban J connectivity index is 1.45. The third-order valence-corrected chi connectivity index (χ3v) is 7.92. The van der Waals surface area contributed by atoms with Crippen LogP contribution < -0.4 is 5.32 Å². The Hall–Kier alpha value is -2.65. The van der Waals surface area contributed by atoms with Gasteiger partial charge in [0.25, 0.3) is 5.91 Å². The van der Waals surface area contributed by atoms with Crippen molar-refractivity contribution in [2.24, 2.45) is 5.92 Å². The number of likely N-dealkylation sites (tertiary alicyclic amines) is 1. The highest BCUT2D eigenvalue weighted by molar-refractivity contribution is 7.89. The average molecular weight is 445 g/mol. The zero-order valence-corrected chi connectivity index (χ0v) is 18.5. The number of carbonyl (C=O) groups is 2. The maximum Gasteiger partial charge on any atom is 0.270 e. The summed E-state index contributed by atoms with van der Waals surface area (Å²) in [5, 5.41) is 2.93. The highest BCUT2D eigenvalue weighted by Gasteiger charge is 2.34. The van der Waals surface area contributed by atoms with Crippen molar-refractivity contribution in [2.45, 2.75) is 37.5 Å². The molecule has 1 unspecified atom stereocenters. The molecular weight excluding hydrogens is 416 g/mol. The second kappa shape index (κ2) is 8.84. The molecule has 1 aromatic heterocycles. The number of carbonyl (C=O) groups excluding carboxylic acids is 2. The SMILES string of the molecule is Cc1ccccc1NC(=O)C1CCCN(S(=O)(=O)c2c[nH]c(C(=O)N3CCCC3)c2)C1. The number of sulfonamides is 1. The van der Waals surface area contributed by atoms with Gasteiger partial charge in [-0.2, -0.15) is 4.31 Å². The summed E-state index contributed by atoms with van der Waals surface area (Å²) in [4.78, 5) is 29.9. The summed E-state index contributed by atoms with van der Waals surface area (Å²) < 4.78 is 27.7. The third-order valence-electron chi connectivity index (χ3n) is 6.08. The molecule has 2 saturated heterocycles. The van der Waals surface area contributed by atoms with E-state index in [1.54, 1.807) is 4.90 Å². The molecule has 4 rings (SSSR count). The Morgan fingerprint density at radius 1 is 1.10 bits per heavy atom. The first-order valence-corrected chi connectivity index (χ1v) is 12.1. The highest BCUT2D eigenvalue weighted by atomic mass is 32.2. The minimum atomic E-state index is -3.79. The van der Waals surface area contributed by atoms with E-state index in [0.29, 0.717) is 32.5 Å². The summed E-state index contributed by atoms with van der Waals surface area (Å²) in [7, 11) is -3.79. The lowest BCUT2D eigenvalue weighted by atomic mass is 9.98. The molecule has 8 nitrogen and oxygen atoms in total. The normalized spacial score (nSPS) is 20.0. The molecule has 2 fully saturated rings. The maximum atomic E-state index is 13.2. The van der Waals surface area contributed by atoms with Crippen LogP contribution in [0.5, 0.6) is 0 Å². The van der Waals surface area contributed by atoms with Crippen LogP contribution >= 0.6 is 0 Å². The van der Waals surface area contributed by atoms with Gasteiger partial charge >= 0.3 is 0 Å². The zero-order valence-electron chi connectivity index (χ0n) is 17.6. The topological polar surface area (TPSA) is 103 Å². The number of rotatable bonds is 5. The molecule has 166 valence electrons. The molecule has 1 atom stereocenters. The minimum Gasteiger partial charge on any atom is -0.356 e. The summed E-state index contributed by atoms with van der Waals surface area (Å²) in [6.45, 7) is 3.80. The Bertz CT molecular complexity index is 1070. The number of H-pyrrole nitrogens is 1. The minimum absolute atomic E-state index is 0.0648. The van der Waals surface area contributed by atoms with Crippen molar-refractivity contribution in [1.29, 1.82) is 0 Å². The molecule has 2 aromatic rings. The van der Waals surface area contributed by atoms with E-state index in [2.05, 4.69) is 10.3 Å². The molecule has 1 aromatic carbocycles. The molecule has 3 heterocycles. The second-order valence-corrected chi connectivity index (χ2v) is 10.2. The Kier molecular flexibility index (Phi) is 6.15. The number of piperidine rings is 1. The van der Waals surface area contributed by atoms with Crippen molar-refractivity contribution in [3.8, 4) is 0 Å². The van der Waals surface area contributed by atoms with Crippen LogP contribution in [0.15, 0.2) is 41.4 Å². The Labute approximate surface area is 182 Å². The van der Waals surface area contributed by atoms with Crippen molar-refractivity contribution in [2.75, 3.05) is 31.5 Å². The van der Waals surface area contributed by atoms with Crippen LogP contribution in [-0.2, 0) is 14.8 Å². The van der Waals surface area contributed by atoms with Gasteiger partial charge in [-0.05, 0) is 50.3 Å². The van der Waals surface area contributed by atoms with Gasteiger partial charge < -0.3 is 15.2 Å². The van der Waals surface area contributed by atoms with E-state index in [1.165, 1.54) is 16.6 Å². The van der Waals surface area contributed by atoms with Gasteiger partial charge in [-0.1, -0.05) is 18.2 Å². The third kappa shape index (κ3) is 4.52. The zero-order chi connectivity index (χ0) is 22.0. The van der Waals surface area contributed by atoms with E-state index in [4.69, 9.17) is 0 Å². The van der Waals surface area contributed by atoms with Gasteiger partial charge in [0.15, 0.2) is 0 Å². The maximum absolute atomic E-state index is 13.2. The first-order chi connectivity index (χ1) is 14.9. The van der Waals surface area contributed by atoms with E-state index < -0.39 is 15.9 Å². The van der Waals surface area contributed by atoms with Crippen molar-refractivity contribution in [3.63, 3.8) is 0 Å². The summed E-state index contributed by atoms with van der Waals surface area (Å²) in [6, 6.07) is 8.92. The van der Waals surface area contributed by atoms with E-state index in [9.17, 15) is 18.0 Å². The number of hydrogen-bond donors (Lipinski definition) is 2. The number of benzene rings is 1. The van der Waals surface area contributed by atoms with Crippen LogP contribution in [0.1, 0.15) is 41.7 Å². The van der Waals surface area contributed by atoms with Gasteiger partial charge in [0, 0.05) is 38.1 Å². The van der Waals surface area contributed by atoms with Gasteiger partial charge in [-0.15, -0.1) is 0 Å². The smallest absolute Gasteiger partial charge is 0.270 e. The largest absolute Gasteiger partial charge is 0.356 e. The number of amides is 2. The van der Waals surface area contributed by atoms with Crippen LogP contribution in [0, 0.1) is 12.8 Å². The molecule has 0 saturated carbocycles. The molecule has 0 radical (unpaired) electrons. The highest BCUT2D eigenvalue weighted by Crippen LogP contribution is 2.26. The number of aromatic amines is 1. The van der Waals surface area contributed by atoms with E-state index in [-0.39, 0.29) is 28.9 Å². The molecule has 0 aliphatic carbocycles. The van der Waals surface area contributed by atoms with E-state index >= 15 is 0 Å². The van der Waals surface area contributed by atoms with Crippen LogP contribution in [-0.4, -0.2) is 60.6 Å². The molecule has 31 heavy (non-hydrogen) atoms. The first-order valence-electron chi connectivity index (χ1n) is 10.7. The first kappa shape index (κ1) is 21.6. The Morgan fingerprint density at radius 2 is 1.84 bits per heavy atom. The van der Waals surface area contributed by atoms with Crippen LogP contribution in [0.4, 0.5) is 5.69 Å². The Morgan fingerprint density at radius 3 is 2.58 bits per heavy atom. The fourth-order valence-electron chi connectivity index (χ4n) is 4.21. The van der Waals surface area contributed by atoms with Crippen molar-refractivity contribution in [3.05, 3.63) is 47.8 Å². The fraction of sp³-hybridized carbons (Fsp3) is 0.455. The summed E-state index contributed by atoms with van der Waals surface area (Å²) in [5.74, 6) is -0.769. The lowest BCUT2D eigenvalue weighted by Crippen LogP contribution is -2.43. The lowest BCUT2D eigenvalue weighted by Gasteiger charge is -2.31. The van der Waals surface area contributed by atoms with Crippen LogP contribution in [0.25, 0.3) is 0 Å². The molecule has 2 aliphatic heterocycles. The van der Waals surface area contributed by atoms with Gasteiger partial charge in [0.2, 0.25) is 15.9 Å². The molecule has 2 amide bonds. The quantitative estimate of drug-likeness (QED) is 0.740. The summed E-state index contributed by atoms with van der Waals surface area (Å²) >= 11 is 0. The number of aromatic nitrogens is 1. The molecule has 2 aliphatic rings. The molecule has 9 heteroatoms. The molecule has 2 N–H and O–H groups in total. The van der Waals surface area contributed by atoms with Crippen molar-refractivity contribution in [1.82, 2.24) is 14.2 Å². The second-order valence-electron chi connectivity index (χ2n) is 8.25. The number of anilines is 1. The van der Waals surface area contributed by atoms with E-state index in [0.717, 1.165) is 24.1 Å².